The first kappa shape index (κ1) is 37.4. The molecule has 1 atom stereocenters. The van der Waals surface area contributed by atoms with E-state index in [1.807, 2.05) is 30.6 Å². The van der Waals surface area contributed by atoms with Crippen LogP contribution < -0.4 is 15.0 Å². The molecule has 0 radical (unpaired) electrons. The summed E-state index contributed by atoms with van der Waals surface area (Å²) in [7, 11) is 0. The van der Waals surface area contributed by atoms with Crippen LogP contribution in [-0.2, 0) is 11.2 Å². The Morgan fingerprint density at radius 2 is 1.81 bits per heavy atom. The van der Waals surface area contributed by atoms with Crippen LogP contribution in [0, 0.1) is 29.4 Å². The molecular formula is C38H43F5N6O3. The fourth-order valence-electron chi connectivity index (χ4n) is 7.17. The molecule has 52 heavy (non-hydrogen) atoms. The maximum absolute atomic E-state index is 17.0. The maximum Gasteiger partial charge on any atom is 0.522 e. The second-order valence-electron chi connectivity index (χ2n) is 13.4. The number of ether oxygens (including phenoxy) is 2. The highest BCUT2D eigenvalue weighted by Gasteiger charge is 2.47. The Morgan fingerprint density at radius 3 is 2.48 bits per heavy atom. The molecule has 278 valence electrons. The highest BCUT2D eigenvalue weighted by atomic mass is 19.4. The van der Waals surface area contributed by atoms with Crippen molar-refractivity contribution < 1.29 is 36.5 Å². The number of aryl methyl sites for hydroxylation is 1. The molecule has 2 saturated heterocycles. The van der Waals surface area contributed by atoms with E-state index in [9.17, 15) is 22.7 Å². The summed E-state index contributed by atoms with van der Waals surface area (Å²) in [5.74, 6) is 1.24. The molecule has 2 N–H and O–H groups in total. The van der Waals surface area contributed by atoms with Crippen LogP contribution in [0.1, 0.15) is 57.7 Å². The number of aromatic hydroxyl groups is 1. The SMILES string of the molecule is C#Cc1c(F)ccc2cc(O)cc(-c3nc(CCC)c4c(N5CCNCC5)nc(OCC5(CN6CCC(OC(F)(F)F)C6)CC5)nc4c3F)c12.CC. The fourth-order valence-corrected chi connectivity index (χ4v) is 7.17. The third-order valence-electron chi connectivity index (χ3n) is 9.73. The van der Waals surface area contributed by atoms with Crippen molar-refractivity contribution in [1.82, 2.24) is 25.2 Å². The van der Waals surface area contributed by atoms with Gasteiger partial charge in [0.05, 0.1) is 29.4 Å². The van der Waals surface area contributed by atoms with Crippen LogP contribution in [-0.4, -0.2) is 89.8 Å². The number of rotatable bonds is 10. The number of nitrogens with zero attached hydrogens (tertiary/aromatic N) is 5. The smallest absolute Gasteiger partial charge is 0.508 e. The molecule has 1 saturated carbocycles. The van der Waals surface area contributed by atoms with Gasteiger partial charge in [-0.1, -0.05) is 39.2 Å². The maximum atomic E-state index is 17.0. The monoisotopic (exact) mass is 726 g/mol. The molecular weight excluding hydrogens is 683 g/mol. The van der Waals surface area contributed by atoms with E-state index >= 15 is 4.39 Å². The highest BCUT2D eigenvalue weighted by Crippen LogP contribution is 2.47. The second-order valence-corrected chi connectivity index (χ2v) is 13.4. The number of hydrogen-bond donors (Lipinski definition) is 2. The lowest BCUT2D eigenvalue weighted by Crippen LogP contribution is -2.44. The summed E-state index contributed by atoms with van der Waals surface area (Å²) in [5, 5.41) is 15.1. The molecule has 9 nitrogen and oxygen atoms in total. The van der Waals surface area contributed by atoms with E-state index in [-0.39, 0.29) is 64.5 Å². The lowest BCUT2D eigenvalue weighted by Gasteiger charge is -2.30. The summed E-state index contributed by atoms with van der Waals surface area (Å²) in [6, 6.07) is 5.39. The van der Waals surface area contributed by atoms with Gasteiger partial charge >= 0.3 is 12.4 Å². The van der Waals surface area contributed by atoms with Crippen molar-refractivity contribution in [3.63, 3.8) is 0 Å². The summed E-state index contributed by atoms with van der Waals surface area (Å²) in [6.07, 6.45) is 3.18. The predicted octanol–water partition coefficient (Wildman–Crippen LogP) is 6.97. The van der Waals surface area contributed by atoms with Crippen molar-refractivity contribution >= 4 is 27.5 Å². The van der Waals surface area contributed by atoms with Gasteiger partial charge in [0.25, 0.3) is 0 Å². The van der Waals surface area contributed by atoms with Crippen molar-refractivity contribution in [2.45, 2.75) is 65.3 Å². The quantitative estimate of drug-likeness (QED) is 0.133. The van der Waals surface area contributed by atoms with Gasteiger partial charge in [0.15, 0.2) is 5.82 Å². The Labute approximate surface area is 299 Å². The highest BCUT2D eigenvalue weighted by molar-refractivity contribution is 6.03. The van der Waals surface area contributed by atoms with Crippen molar-refractivity contribution in [2.24, 2.45) is 5.41 Å². The number of likely N-dealkylation sites (tertiary alicyclic amines) is 1. The van der Waals surface area contributed by atoms with Gasteiger partial charge in [-0.05, 0) is 49.3 Å². The molecule has 0 amide bonds. The van der Waals surface area contributed by atoms with Gasteiger partial charge in [-0.3, -0.25) is 9.64 Å². The van der Waals surface area contributed by atoms with Gasteiger partial charge < -0.3 is 20.1 Å². The molecule has 0 spiro atoms. The molecule has 1 unspecified atom stereocenters. The standard InChI is InChI=1S/C36H37F5N6O3.C2H6/c1-3-5-27-29-32(30(38)31(43-27)25-17-22(48)16-21-6-7-26(37)24(4-2)28(21)25)44-34(45-33(29)47-14-11-42-12-15-47)49-20-35(9-10-35)19-46-13-8-23(18-46)50-36(39,40)41;1-2/h2,6-7,16-17,23,42,48H,3,5,8-15,18-20H2,1H3;1-2H3. The van der Waals surface area contributed by atoms with E-state index in [4.69, 9.17) is 21.1 Å². The Morgan fingerprint density at radius 1 is 1.06 bits per heavy atom. The van der Waals surface area contributed by atoms with Crippen LogP contribution in [0.15, 0.2) is 24.3 Å². The Balaban J connectivity index is 0.00000228. The van der Waals surface area contributed by atoms with Crippen molar-refractivity contribution in [3.8, 4) is 35.4 Å². The minimum atomic E-state index is -4.67. The van der Waals surface area contributed by atoms with Gasteiger partial charge in [-0.25, -0.2) is 13.8 Å². The minimum absolute atomic E-state index is 0.0244. The third kappa shape index (κ3) is 7.86. The van der Waals surface area contributed by atoms with Crippen molar-refractivity contribution in [3.05, 3.63) is 47.2 Å². The number of aromatic nitrogens is 3. The Kier molecular flexibility index (Phi) is 11.0. The molecule has 2 aromatic heterocycles. The largest absolute Gasteiger partial charge is 0.522 e. The van der Waals surface area contributed by atoms with Gasteiger partial charge in [0.1, 0.15) is 28.6 Å². The summed E-state index contributed by atoms with van der Waals surface area (Å²) in [6.45, 7) is 9.94. The van der Waals surface area contributed by atoms with E-state index in [1.165, 1.54) is 24.3 Å². The molecule has 7 rings (SSSR count). The number of alkyl halides is 3. The van der Waals surface area contributed by atoms with Crippen LogP contribution >= 0.6 is 0 Å². The van der Waals surface area contributed by atoms with E-state index < -0.39 is 24.1 Å². The summed E-state index contributed by atoms with van der Waals surface area (Å²) >= 11 is 0. The number of nitrogens with one attached hydrogen (secondary N) is 1. The lowest BCUT2D eigenvalue weighted by atomic mass is 9.95. The van der Waals surface area contributed by atoms with E-state index in [0.717, 1.165) is 12.8 Å². The zero-order valence-corrected chi connectivity index (χ0v) is 29.5. The van der Waals surface area contributed by atoms with Crippen molar-refractivity contribution in [1.29, 1.82) is 0 Å². The van der Waals surface area contributed by atoms with Crippen LogP contribution in [0.4, 0.5) is 27.8 Å². The first-order valence-corrected chi connectivity index (χ1v) is 17.9. The number of benzene rings is 2. The molecule has 4 aromatic rings. The molecule has 14 heteroatoms. The Hall–Kier alpha value is -4.32. The predicted molar refractivity (Wildman–Crippen MR) is 189 cm³/mol. The molecule has 3 aliphatic rings. The van der Waals surface area contributed by atoms with E-state index in [2.05, 4.69) is 21.0 Å². The number of phenolic OH excluding ortho intramolecular Hbond substituents is 1. The summed E-state index contributed by atoms with van der Waals surface area (Å²) < 4.78 is 80.8. The molecule has 3 fully saturated rings. The Bertz CT molecular complexity index is 1970. The molecule has 0 bridgehead atoms. The van der Waals surface area contributed by atoms with E-state index in [1.54, 1.807) is 0 Å². The molecule has 1 aliphatic carbocycles. The number of fused-ring (bicyclic) bond motifs is 2. The zero-order valence-electron chi connectivity index (χ0n) is 29.5. The normalized spacial score (nSPS) is 18.7. The summed E-state index contributed by atoms with van der Waals surface area (Å²) in [4.78, 5) is 18.2. The van der Waals surface area contributed by atoms with Gasteiger partial charge in [-0.2, -0.15) is 9.97 Å². The van der Waals surface area contributed by atoms with Crippen molar-refractivity contribution in [2.75, 3.05) is 57.3 Å². The average Bonchev–Trinajstić information content (AvgIpc) is 3.76. The van der Waals surface area contributed by atoms with Crippen LogP contribution in [0.5, 0.6) is 11.8 Å². The number of hydrogen-bond acceptors (Lipinski definition) is 9. The number of halogens is 5. The average molecular weight is 727 g/mol. The van der Waals surface area contributed by atoms with Gasteiger partial charge in [0, 0.05) is 62.2 Å². The molecule has 2 aliphatic heterocycles. The first-order valence-electron chi connectivity index (χ1n) is 17.9. The number of pyridine rings is 1. The van der Waals surface area contributed by atoms with Crippen LogP contribution in [0.3, 0.4) is 0 Å². The topological polar surface area (TPSA) is 95.9 Å². The lowest BCUT2D eigenvalue weighted by molar-refractivity contribution is -0.340. The number of piperazine rings is 1. The first-order chi connectivity index (χ1) is 25.0. The van der Waals surface area contributed by atoms with Gasteiger partial charge in [0.2, 0.25) is 0 Å². The van der Waals surface area contributed by atoms with Crippen LogP contribution in [0.25, 0.3) is 32.9 Å². The third-order valence-corrected chi connectivity index (χ3v) is 9.73. The summed E-state index contributed by atoms with van der Waals surface area (Å²) in [5.41, 5.74) is 0.133. The second kappa shape index (κ2) is 15.3. The number of terminal acetylenes is 1. The minimum Gasteiger partial charge on any atom is -0.508 e. The fraction of sp³-hybridized carbons (Fsp3) is 0.500. The number of anilines is 1. The van der Waals surface area contributed by atoms with E-state index in [0.29, 0.717) is 74.4 Å². The molecule has 4 heterocycles. The van der Waals surface area contributed by atoms with Crippen LogP contribution in [0.2, 0.25) is 0 Å². The number of phenols is 1. The molecule has 2 aromatic carbocycles. The zero-order chi connectivity index (χ0) is 37.2. The van der Waals surface area contributed by atoms with Gasteiger partial charge in [-0.15, -0.1) is 19.6 Å².